The molecule has 0 saturated heterocycles. The second-order valence-corrected chi connectivity index (χ2v) is 5.66. The van der Waals surface area contributed by atoms with Gasteiger partial charge in [0, 0.05) is 13.1 Å². The number of ether oxygens (including phenoxy) is 1. The van der Waals surface area contributed by atoms with Crippen LogP contribution in [0, 0.1) is 0 Å². The third-order valence-electron chi connectivity index (χ3n) is 3.92. The Labute approximate surface area is 135 Å². The number of aromatic nitrogens is 2. The van der Waals surface area contributed by atoms with Gasteiger partial charge in [0.05, 0.1) is 31.1 Å². The van der Waals surface area contributed by atoms with E-state index in [0.717, 1.165) is 24.2 Å². The minimum absolute atomic E-state index is 0.0128. The molecule has 0 aliphatic carbocycles. The number of fused-ring (bicyclic) bond motifs is 1. The molecule has 1 aliphatic heterocycles. The first kappa shape index (κ1) is 15.7. The summed E-state index contributed by atoms with van der Waals surface area (Å²) in [5.41, 5.74) is 2.67. The van der Waals surface area contributed by atoms with E-state index in [1.165, 1.54) is 0 Å². The topological polar surface area (TPSA) is 67.6 Å². The zero-order valence-electron chi connectivity index (χ0n) is 13.0. The van der Waals surface area contributed by atoms with Crippen LogP contribution in [0.1, 0.15) is 23.4 Å². The Morgan fingerprint density at radius 3 is 2.87 bits per heavy atom. The van der Waals surface area contributed by atoms with Gasteiger partial charge in [0.15, 0.2) is 0 Å². The van der Waals surface area contributed by atoms with Gasteiger partial charge in [-0.3, -0.25) is 9.48 Å². The van der Waals surface area contributed by atoms with E-state index in [-0.39, 0.29) is 19.1 Å². The van der Waals surface area contributed by atoms with Crippen LogP contribution >= 0.6 is 0 Å². The second kappa shape index (κ2) is 7.39. The van der Waals surface area contributed by atoms with Gasteiger partial charge in [-0.05, 0) is 18.1 Å². The molecule has 1 aliphatic rings. The summed E-state index contributed by atoms with van der Waals surface area (Å²) in [5.74, 6) is -0.0128. The average Bonchev–Trinajstić information content (AvgIpc) is 2.86. The maximum atomic E-state index is 12.3. The van der Waals surface area contributed by atoms with Crippen LogP contribution < -0.4 is 0 Å². The lowest BCUT2D eigenvalue weighted by Gasteiger charge is -2.20. The van der Waals surface area contributed by atoms with Gasteiger partial charge in [0.2, 0.25) is 5.91 Å². The first-order chi connectivity index (χ1) is 11.3. The van der Waals surface area contributed by atoms with E-state index in [1.54, 1.807) is 4.90 Å². The molecule has 6 heteroatoms. The van der Waals surface area contributed by atoms with Gasteiger partial charge in [-0.1, -0.05) is 30.3 Å². The SMILES string of the molecule is O=C(COCc1ccccc1)N1CCCn2nc(CO)cc2C1. The molecular formula is C17H21N3O3. The van der Waals surface area contributed by atoms with Crippen molar-refractivity contribution in [3.05, 3.63) is 53.3 Å². The van der Waals surface area contributed by atoms with Crippen molar-refractivity contribution < 1.29 is 14.6 Å². The predicted octanol–water partition coefficient (Wildman–Crippen LogP) is 1.32. The fourth-order valence-corrected chi connectivity index (χ4v) is 2.73. The van der Waals surface area contributed by atoms with Crippen LogP contribution in [-0.2, 0) is 35.8 Å². The van der Waals surface area contributed by atoms with Gasteiger partial charge in [0.1, 0.15) is 6.61 Å². The molecular weight excluding hydrogens is 294 g/mol. The molecule has 0 unspecified atom stereocenters. The third kappa shape index (κ3) is 3.97. The summed E-state index contributed by atoms with van der Waals surface area (Å²) in [6.45, 7) is 2.42. The zero-order valence-corrected chi connectivity index (χ0v) is 13.0. The number of hydrogen-bond donors (Lipinski definition) is 1. The normalized spacial score (nSPS) is 14.4. The van der Waals surface area contributed by atoms with E-state index in [1.807, 2.05) is 41.1 Å². The molecule has 0 spiro atoms. The Bertz CT molecular complexity index is 654. The molecule has 23 heavy (non-hydrogen) atoms. The van der Waals surface area contributed by atoms with E-state index in [9.17, 15) is 9.90 Å². The van der Waals surface area contributed by atoms with E-state index in [2.05, 4.69) is 5.10 Å². The number of benzene rings is 1. The summed E-state index contributed by atoms with van der Waals surface area (Å²) < 4.78 is 7.41. The molecule has 2 heterocycles. The Balaban J connectivity index is 1.54. The maximum Gasteiger partial charge on any atom is 0.248 e. The summed E-state index contributed by atoms with van der Waals surface area (Å²) in [5, 5.41) is 13.5. The molecule has 1 aromatic heterocycles. The molecule has 3 rings (SSSR count). The first-order valence-corrected chi connectivity index (χ1v) is 7.82. The van der Waals surface area contributed by atoms with Crippen LogP contribution in [0.15, 0.2) is 36.4 Å². The second-order valence-electron chi connectivity index (χ2n) is 5.66. The number of carbonyl (C=O) groups excluding carboxylic acids is 1. The van der Waals surface area contributed by atoms with Crippen molar-refractivity contribution in [2.75, 3.05) is 13.2 Å². The molecule has 122 valence electrons. The van der Waals surface area contributed by atoms with Crippen molar-refractivity contribution in [1.29, 1.82) is 0 Å². The van der Waals surface area contributed by atoms with E-state index in [0.29, 0.717) is 25.4 Å². The van der Waals surface area contributed by atoms with Crippen LogP contribution in [0.5, 0.6) is 0 Å². The van der Waals surface area contributed by atoms with Crippen molar-refractivity contribution in [1.82, 2.24) is 14.7 Å². The molecule has 0 atom stereocenters. The number of aliphatic hydroxyl groups is 1. The van der Waals surface area contributed by atoms with Crippen LogP contribution in [0.2, 0.25) is 0 Å². The minimum Gasteiger partial charge on any atom is -0.390 e. The van der Waals surface area contributed by atoms with Gasteiger partial charge in [-0.15, -0.1) is 0 Å². The number of hydrogen-bond acceptors (Lipinski definition) is 4. The minimum atomic E-state index is -0.0753. The summed E-state index contributed by atoms with van der Waals surface area (Å²) in [6, 6.07) is 11.7. The zero-order chi connectivity index (χ0) is 16.1. The molecule has 0 saturated carbocycles. The van der Waals surface area contributed by atoms with Gasteiger partial charge in [0.25, 0.3) is 0 Å². The van der Waals surface area contributed by atoms with Crippen LogP contribution in [0.25, 0.3) is 0 Å². The fourth-order valence-electron chi connectivity index (χ4n) is 2.73. The average molecular weight is 315 g/mol. The summed E-state index contributed by atoms with van der Waals surface area (Å²) in [4.78, 5) is 14.1. The Morgan fingerprint density at radius 2 is 2.09 bits per heavy atom. The molecule has 1 aromatic carbocycles. The third-order valence-corrected chi connectivity index (χ3v) is 3.92. The highest BCUT2D eigenvalue weighted by molar-refractivity contribution is 5.77. The molecule has 1 N–H and O–H groups in total. The quantitative estimate of drug-likeness (QED) is 0.904. The van der Waals surface area contributed by atoms with Crippen molar-refractivity contribution in [2.24, 2.45) is 0 Å². The molecule has 6 nitrogen and oxygen atoms in total. The highest BCUT2D eigenvalue weighted by atomic mass is 16.5. The molecule has 0 bridgehead atoms. The molecule has 0 radical (unpaired) electrons. The number of carbonyl (C=O) groups is 1. The van der Waals surface area contributed by atoms with Crippen molar-refractivity contribution in [3.8, 4) is 0 Å². The van der Waals surface area contributed by atoms with E-state index < -0.39 is 0 Å². The Hall–Kier alpha value is -2.18. The monoisotopic (exact) mass is 315 g/mol. The van der Waals surface area contributed by atoms with Crippen LogP contribution in [0.4, 0.5) is 0 Å². The number of aliphatic hydroxyl groups excluding tert-OH is 1. The van der Waals surface area contributed by atoms with Crippen molar-refractivity contribution in [2.45, 2.75) is 32.7 Å². The van der Waals surface area contributed by atoms with Gasteiger partial charge < -0.3 is 14.7 Å². The van der Waals surface area contributed by atoms with E-state index in [4.69, 9.17) is 4.74 Å². The number of rotatable bonds is 5. The largest absolute Gasteiger partial charge is 0.390 e. The maximum absolute atomic E-state index is 12.3. The first-order valence-electron chi connectivity index (χ1n) is 7.82. The lowest BCUT2D eigenvalue weighted by molar-refractivity contribution is -0.137. The summed E-state index contributed by atoms with van der Waals surface area (Å²) in [6.07, 6.45) is 0.851. The predicted molar refractivity (Wildman–Crippen MR) is 84.3 cm³/mol. The highest BCUT2D eigenvalue weighted by Gasteiger charge is 2.20. The van der Waals surface area contributed by atoms with Gasteiger partial charge in [-0.25, -0.2) is 0 Å². The highest BCUT2D eigenvalue weighted by Crippen LogP contribution is 2.14. The summed E-state index contributed by atoms with van der Waals surface area (Å²) in [7, 11) is 0. The van der Waals surface area contributed by atoms with E-state index >= 15 is 0 Å². The fraction of sp³-hybridized carbons (Fsp3) is 0.412. The Morgan fingerprint density at radius 1 is 1.26 bits per heavy atom. The molecule has 2 aromatic rings. The van der Waals surface area contributed by atoms with Crippen LogP contribution in [0.3, 0.4) is 0 Å². The number of nitrogens with zero attached hydrogens (tertiary/aromatic N) is 3. The smallest absolute Gasteiger partial charge is 0.248 e. The lowest BCUT2D eigenvalue weighted by Crippen LogP contribution is -2.33. The number of amides is 1. The van der Waals surface area contributed by atoms with Crippen molar-refractivity contribution >= 4 is 5.91 Å². The van der Waals surface area contributed by atoms with Crippen LogP contribution in [-0.4, -0.2) is 38.8 Å². The van der Waals surface area contributed by atoms with Gasteiger partial charge >= 0.3 is 0 Å². The molecule has 0 fully saturated rings. The van der Waals surface area contributed by atoms with Crippen molar-refractivity contribution in [3.63, 3.8) is 0 Å². The standard InChI is InChI=1S/C17H21N3O3/c21-11-15-9-16-10-19(7-4-8-20(16)18-15)17(22)13-23-12-14-5-2-1-3-6-14/h1-3,5-6,9,21H,4,7-8,10-13H2. The molecule has 1 amide bonds. The van der Waals surface area contributed by atoms with Gasteiger partial charge in [-0.2, -0.15) is 5.10 Å². The number of aryl methyl sites for hydroxylation is 1. The lowest BCUT2D eigenvalue weighted by atomic mass is 10.2. The Kier molecular flexibility index (Phi) is 5.05. The summed E-state index contributed by atoms with van der Waals surface area (Å²) >= 11 is 0.